The monoisotopic (exact) mass is 288 g/mol. The minimum absolute atomic E-state index is 0.0529. The third-order valence-electron chi connectivity index (χ3n) is 3.80. The van der Waals surface area contributed by atoms with Gasteiger partial charge in [0.05, 0.1) is 5.57 Å². The first-order chi connectivity index (χ1) is 9.38. The zero-order valence-corrected chi connectivity index (χ0v) is 11.4. The molecule has 1 heterocycles. The Kier molecular flexibility index (Phi) is 4.52. The molecule has 6 heteroatoms. The molecule has 1 amide bonds. The highest BCUT2D eigenvalue weighted by molar-refractivity contribution is 5.95. The average Bonchev–Trinajstić information content (AvgIpc) is 2.39. The lowest BCUT2D eigenvalue weighted by atomic mass is 9.88. The highest BCUT2D eigenvalue weighted by Crippen LogP contribution is 2.33. The van der Waals surface area contributed by atoms with E-state index >= 15 is 0 Å². The molecule has 20 heavy (non-hydrogen) atoms. The Labute approximate surface area is 116 Å². The second-order valence-electron chi connectivity index (χ2n) is 5.39. The van der Waals surface area contributed by atoms with Crippen LogP contribution in [0.5, 0.6) is 0 Å². The average molecular weight is 288 g/mol. The Hall–Kier alpha value is -1.30. The van der Waals surface area contributed by atoms with Gasteiger partial charge in [-0.25, -0.2) is 0 Å². The van der Waals surface area contributed by atoms with Gasteiger partial charge in [0.1, 0.15) is 0 Å². The van der Waals surface area contributed by atoms with Crippen molar-refractivity contribution in [2.45, 2.75) is 38.4 Å². The van der Waals surface area contributed by atoms with Gasteiger partial charge in [-0.1, -0.05) is 13.0 Å². The Bertz CT molecular complexity index is 434. The van der Waals surface area contributed by atoms with E-state index in [0.29, 0.717) is 0 Å². The summed E-state index contributed by atoms with van der Waals surface area (Å²) in [6, 6.07) is 0.0529. The van der Waals surface area contributed by atoms with Gasteiger partial charge >= 0.3 is 6.18 Å². The normalized spacial score (nSPS) is 24.9. The van der Waals surface area contributed by atoms with Crippen molar-refractivity contribution in [2.75, 3.05) is 13.1 Å². The molecule has 2 aliphatic rings. The molecule has 0 aromatic carbocycles. The van der Waals surface area contributed by atoms with Gasteiger partial charge in [0, 0.05) is 11.6 Å². The van der Waals surface area contributed by atoms with E-state index < -0.39 is 11.7 Å². The van der Waals surface area contributed by atoms with Crippen molar-refractivity contribution >= 4 is 5.91 Å². The van der Waals surface area contributed by atoms with E-state index in [1.165, 1.54) is 0 Å². The second kappa shape index (κ2) is 5.99. The van der Waals surface area contributed by atoms with Gasteiger partial charge < -0.3 is 10.6 Å². The van der Waals surface area contributed by atoms with Gasteiger partial charge in [0.15, 0.2) is 0 Å². The maximum atomic E-state index is 12.7. The minimum atomic E-state index is -4.39. The summed E-state index contributed by atoms with van der Waals surface area (Å²) in [7, 11) is 0. The number of carbonyl (C=O) groups is 1. The number of hydrogen-bond donors (Lipinski definition) is 2. The van der Waals surface area contributed by atoms with Crippen LogP contribution in [-0.4, -0.2) is 31.2 Å². The lowest BCUT2D eigenvalue weighted by Crippen LogP contribution is -2.44. The number of amides is 1. The van der Waals surface area contributed by atoms with E-state index in [4.69, 9.17) is 0 Å². The minimum Gasteiger partial charge on any atom is -0.349 e. The molecule has 1 fully saturated rings. The Morgan fingerprint density at radius 2 is 2.00 bits per heavy atom. The van der Waals surface area contributed by atoms with Gasteiger partial charge in [-0.15, -0.1) is 0 Å². The maximum absolute atomic E-state index is 12.7. The largest absolute Gasteiger partial charge is 0.416 e. The van der Waals surface area contributed by atoms with Crippen LogP contribution in [0.2, 0.25) is 0 Å². The van der Waals surface area contributed by atoms with Crippen LogP contribution in [0.15, 0.2) is 23.3 Å². The number of carbonyl (C=O) groups excluding carboxylic acids is 1. The van der Waals surface area contributed by atoms with Gasteiger partial charge in [-0.2, -0.15) is 13.2 Å². The Morgan fingerprint density at radius 3 is 2.60 bits per heavy atom. The summed E-state index contributed by atoms with van der Waals surface area (Å²) in [5.74, 6) is -0.540. The second-order valence-corrected chi connectivity index (χ2v) is 5.39. The SMILES string of the molecule is CC1CC=C(C(F)(F)F)C=C1C(=O)NC1CCNCC1. The molecule has 0 saturated carbocycles. The van der Waals surface area contributed by atoms with Gasteiger partial charge in [0.25, 0.3) is 0 Å². The van der Waals surface area contributed by atoms with Crippen molar-refractivity contribution in [1.82, 2.24) is 10.6 Å². The van der Waals surface area contributed by atoms with Crippen LogP contribution in [0.4, 0.5) is 13.2 Å². The molecule has 1 aliphatic heterocycles. The summed E-state index contributed by atoms with van der Waals surface area (Å²) in [6.45, 7) is 3.43. The molecule has 0 aromatic heterocycles. The fourth-order valence-corrected chi connectivity index (χ4v) is 2.52. The van der Waals surface area contributed by atoms with E-state index in [0.717, 1.165) is 38.1 Å². The van der Waals surface area contributed by atoms with Crippen molar-refractivity contribution in [3.63, 3.8) is 0 Å². The molecule has 3 nitrogen and oxygen atoms in total. The molecule has 2 rings (SSSR count). The van der Waals surface area contributed by atoms with E-state index in [1.807, 2.05) is 0 Å². The van der Waals surface area contributed by atoms with E-state index in [9.17, 15) is 18.0 Å². The summed E-state index contributed by atoms with van der Waals surface area (Å²) in [5, 5.41) is 6.03. The predicted molar refractivity (Wildman–Crippen MR) is 70.0 cm³/mol. The van der Waals surface area contributed by atoms with Gasteiger partial charge in [-0.05, 0) is 44.3 Å². The summed E-state index contributed by atoms with van der Waals surface area (Å²) >= 11 is 0. The first-order valence-electron chi connectivity index (χ1n) is 6.88. The summed E-state index contributed by atoms with van der Waals surface area (Å²) < 4.78 is 38.1. The first-order valence-corrected chi connectivity index (χ1v) is 6.88. The predicted octanol–water partition coefficient (Wildman–Crippen LogP) is 2.31. The zero-order chi connectivity index (χ0) is 14.8. The number of piperidine rings is 1. The van der Waals surface area contributed by atoms with Crippen molar-refractivity contribution in [1.29, 1.82) is 0 Å². The first kappa shape index (κ1) is 15.1. The van der Waals surface area contributed by atoms with Crippen LogP contribution in [0.3, 0.4) is 0 Å². The number of hydrogen-bond acceptors (Lipinski definition) is 2. The number of halogens is 3. The standard InChI is InChI=1S/C14H19F3N2O/c1-9-2-3-10(14(15,16)17)8-12(9)13(20)19-11-4-6-18-7-5-11/h3,8-9,11,18H,2,4-7H2,1H3,(H,19,20). The van der Waals surface area contributed by atoms with Gasteiger partial charge in [-0.3, -0.25) is 4.79 Å². The number of nitrogens with one attached hydrogen (secondary N) is 2. The Morgan fingerprint density at radius 1 is 1.35 bits per heavy atom. The highest BCUT2D eigenvalue weighted by Gasteiger charge is 2.35. The van der Waals surface area contributed by atoms with Crippen molar-refractivity contribution in [3.8, 4) is 0 Å². The van der Waals surface area contributed by atoms with Crippen molar-refractivity contribution in [2.24, 2.45) is 5.92 Å². The maximum Gasteiger partial charge on any atom is 0.416 e. The third-order valence-corrected chi connectivity index (χ3v) is 3.80. The summed E-state index contributed by atoms with van der Waals surface area (Å²) in [4.78, 5) is 12.2. The van der Waals surface area contributed by atoms with Crippen molar-refractivity contribution in [3.05, 3.63) is 23.3 Å². The van der Waals surface area contributed by atoms with Crippen LogP contribution in [0.1, 0.15) is 26.2 Å². The molecular formula is C14H19F3N2O. The van der Waals surface area contributed by atoms with Crippen LogP contribution >= 0.6 is 0 Å². The molecule has 112 valence electrons. The van der Waals surface area contributed by atoms with Crippen LogP contribution < -0.4 is 10.6 Å². The third kappa shape index (κ3) is 3.62. The molecule has 1 saturated heterocycles. The summed E-state index contributed by atoms with van der Waals surface area (Å²) in [5.41, 5.74) is -0.482. The van der Waals surface area contributed by atoms with Gasteiger partial charge in [0.2, 0.25) is 5.91 Å². The fraction of sp³-hybridized carbons (Fsp3) is 0.643. The molecule has 0 spiro atoms. The van der Waals surface area contributed by atoms with Crippen LogP contribution in [0.25, 0.3) is 0 Å². The molecule has 1 atom stereocenters. The highest BCUT2D eigenvalue weighted by atomic mass is 19.4. The smallest absolute Gasteiger partial charge is 0.349 e. The lowest BCUT2D eigenvalue weighted by Gasteiger charge is -2.26. The Balaban J connectivity index is 2.06. The molecule has 2 N–H and O–H groups in total. The lowest BCUT2D eigenvalue weighted by molar-refractivity contribution is -0.118. The molecule has 0 bridgehead atoms. The molecule has 1 unspecified atom stereocenters. The molecular weight excluding hydrogens is 269 g/mol. The van der Waals surface area contributed by atoms with Crippen LogP contribution in [0, 0.1) is 5.92 Å². The molecule has 1 aliphatic carbocycles. The van der Waals surface area contributed by atoms with Crippen molar-refractivity contribution < 1.29 is 18.0 Å². The topological polar surface area (TPSA) is 41.1 Å². The molecule has 0 radical (unpaired) electrons. The van der Waals surface area contributed by atoms with E-state index in [1.54, 1.807) is 6.92 Å². The molecule has 0 aromatic rings. The summed E-state index contributed by atoms with van der Waals surface area (Å²) in [6.07, 6.45) is -0.359. The van der Waals surface area contributed by atoms with Crippen LogP contribution in [-0.2, 0) is 4.79 Å². The fourth-order valence-electron chi connectivity index (χ4n) is 2.52. The zero-order valence-electron chi connectivity index (χ0n) is 11.4. The van der Waals surface area contributed by atoms with E-state index in [-0.39, 0.29) is 29.9 Å². The number of allylic oxidation sites excluding steroid dienone is 3. The quantitative estimate of drug-likeness (QED) is 0.818. The number of rotatable bonds is 2. The van der Waals surface area contributed by atoms with E-state index in [2.05, 4.69) is 10.6 Å². The number of alkyl halides is 3.